The van der Waals surface area contributed by atoms with E-state index in [2.05, 4.69) is 11.8 Å². The maximum absolute atomic E-state index is 10.3. The van der Waals surface area contributed by atoms with E-state index in [0.29, 0.717) is 37.3 Å². The lowest BCUT2D eigenvalue weighted by molar-refractivity contribution is -0.00380. The van der Waals surface area contributed by atoms with E-state index < -0.39 is 6.10 Å². The van der Waals surface area contributed by atoms with Crippen LogP contribution in [0.15, 0.2) is 18.2 Å². The van der Waals surface area contributed by atoms with Gasteiger partial charge < -0.3 is 19.3 Å². The zero-order valence-electron chi connectivity index (χ0n) is 15.2. The number of methoxy groups -OCH3 is 2. The third-order valence-electron chi connectivity index (χ3n) is 4.69. The van der Waals surface area contributed by atoms with Gasteiger partial charge in [0.15, 0.2) is 11.5 Å². The summed E-state index contributed by atoms with van der Waals surface area (Å²) in [6.07, 6.45) is 4.49. The van der Waals surface area contributed by atoms with Crippen LogP contribution in [-0.4, -0.2) is 56.1 Å². The molecule has 0 unspecified atom stereocenters. The number of rotatable bonds is 9. The molecule has 2 rings (SSSR count). The van der Waals surface area contributed by atoms with Crippen molar-refractivity contribution in [2.24, 2.45) is 0 Å². The van der Waals surface area contributed by atoms with Crippen LogP contribution >= 0.6 is 0 Å². The Bertz CT molecular complexity index is 494. The lowest BCUT2D eigenvalue weighted by Gasteiger charge is -2.36. The van der Waals surface area contributed by atoms with Crippen molar-refractivity contribution in [1.82, 2.24) is 4.90 Å². The van der Waals surface area contributed by atoms with E-state index in [9.17, 15) is 5.11 Å². The van der Waals surface area contributed by atoms with Crippen molar-refractivity contribution in [3.8, 4) is 11.5 Å². The Hall–Kier alpha value is -1.30. The molecule has 5 heteroatoms. The molecule has 1 aliphatic heterocycles. The molecule has 0 amide bonds. The Labute approximate surface area is 145 Å². The third kappa shape index (κ3) is 5.36. The highest BCUT2D eigenvalue weighted by Crippen LogP contribution is 2.27. The van der Waals surface area contributed by atoms with Gasteiger partial charge >= 0.3 is 0 Å². The molecule has 0 spiro atoms. The van der Waals surface area contributed by atoms with Gasteiger partial charge in [-0.3, -0.25) is 4.90 Å². The van der Waals surface area contributed by atoms with E-state index in [4.69, 9.17) is 14.2 Å². The van der Waals surface area contributed by atoms with Gasteiger partial charge in [-0.15, -0.1) is 0 Å². The van der Waals surface area contributed by atoms with Gasteiger partial charge in [0.2, 0.25) is 0 Å². The van der Waals surface area contributed by atoms with Gasteiger partial charge in [0, 0.05) is 12.6 Å². The molecule has 1 aliphatic rings. The standard InChI is InChI=1S/C19H31NO4/c1-4-16-7-5-6-10-20(16)12-17(21)14-24-13-15-8-9-18(22-2)19(11-15)23-3/h8-9,11,16-17,21H,4-7,10,12-14H2,1-3H3/t16-,17-/m1/s1. The predicted octanol–water partition coefficient (Wildman–Crippen LogP) is 2.85. The molecule has 136 valence electrons. The van der Waals surface area contributed by atoms with E-state index in [1.165, 1.54) is 19.3 Å². The van der Waals surface area contributed by atoms with E-state index in [1.807, 2.05) is 18.2 Å². The Morgan fingerprint density at radius 2 is 2.00 bits per heavy atom. The predicted molar refractivity (Wildman–Crippen MR) is 94.7 cm³/mol. The maximum atomic E-state index is 10.3. The average Bonchev–Trinajstić information content (AvgIpc) is 2.62. The number of benzene rings is 1. The first-order chi connectivity index (χ1) is 11.7. The number of ether oxygens (including phenoxy) is 3. The van der Waals surface area contributed by atoms with Crippen molar-refractivity contribution >= 4 is 0 Å². The number of aliphatic hydroxyl groups excluding tert-OH is 1. The van der Waals surface area contributed by atoms with Crippen LogP contribution in [0.5, 0.6) is 11.5 Å². The highest BCUT2D eigenvalue weighted by molar-refractivity contribution is 5.42. The van der Waals surface area contributed by atoms with E-state index >= 15 is 0 Å². The van der Waals surface area contributed by atoms with Crippen LogP contribution in [0.25, 0.3) is 0 Å². The molecular weight excluding hydrogens is 306 g/mol. The van der Waals surface area contributed by atoms with Crippen LogP contribution in [0.4, 0.5) is 0 Å². The summed E-state index contributed by atoms with van der Waals surface area (Å²) >= 11 is 0. The lowest BCUT2D eigenvalue weighted by Crippen LogP contribution is -2.44. The summed E-state index contributed by atoms with van der Waals surface area (Å²) in [5.41, 5.74) is 1.00. The third-order valence-corrected chi connectivity index (χ3v) is 4.69. The number of likely N-dealkylation sites (tertiary alicyclic amines) is 1. The molecule has 0 radical (unpaired) electrons. The second-order valence-electron chi connectivity index (χ2n) is 6.41. The molecular formula is C19H31NO4. The smallest absolute Gasteiger partial charge is 0.161 e. The molecule has 0 bridgehead atoms. The fraction of sp³-hybridized carbons (Fsp3) is 0.684. The Kier molecular flexibility index (Phi) is 7.82. The Morgan fingerprint density at radius 3 is 2.71 bits per heavy atom. The minimum Gasteiger partial charge on any atom is -0.493 e. The molecule has 2 atom stereocenters. The molecule has 1 aromatic rings. The minimum atomic E-state index is -0.447. The second kappa shape index (κ2) is 9.87. The number of hydrogen-bond acceptors (Lipinski definition) is 5. The number of hydrogen-bond donors (Lipinski definition) is 1. The second-order valence-corrected chi connectivity index (χ2v) is 6.41. The number of β-amino-alcohol motifs (C(OH)–C–C–N with tert-alkyl or cyclic N) is 1. The van der Waals surface area contributed by atoms with Gasteiger partial charge in [-0.2, -0.15) is 0 Å². The molecule has 0 saturated carbocycles. The topological polar surface area (TPSA) is 51.2 Å². The van der Waals surface area contributed by atoms with Crippen molar-refractivity contribution in [1.29, 1.82) is 0 Å². The summed E-state index contributed by atoms with van der Waals surface area (Å²) in [5, 5.41) is 10.3. The van der Waals surface area contributed by atoms with E-state index in [-0.39, 0.29) is 0 Å². The van der Waals surface area contributed by atoms with Crippen molar-refractivity contribution in [3.63, 3.8) is 0 Å². The van der Waals surface area contributed by atoms with Crippen LogP contribution in [0.2, 0.25) is 0 Å². The summed E-state index contributed by atoms with van der Waals surface area (Å²) in [5.74, 6) is 1.40. The molecule has 1 aromatic carbocycles. The van der Waals surface area contributed by atoms with Gasteiger partial charge in [-0.1, -0.05) is 19.4 Å². The molecule has 1 saturated heterocycles. The molecule has 24 heavy (non-hydrogen) atoms. The first-order valence-corrected chi connectivity index (χ1v) is 8.88. The SMILES string of the molecule is CC[C@@H]1CCCCN1C[C@@H](O)COCc1ccc(OC)c(OC)c1. The van der Waals surface area contributed by atoms with Gasteiger partial charge in [0.25, 0.3) is 0 Å². The maximum Gasteiger partial charge on any atom is 0.161 e. The first-order valence-electron chi connectivity index (χ1n) is 8.88. The fourth-order valence-electron chi connectivity index (χ4n) is 3.37. The van der Waals surface area contributed by atoms with Gasteiger partial charge in [0.05, 0.1) is 33.5 Å². The van der Waals surface area contributed by atoms with Crippen molar-refractivity contribution in [2.75, 3.05) is 33.9 Å². The summed E-state index contributed by atoms with van der Waals surface area (Å²) in [6, 6.07) is 6.33. The van der Waals surface area contributed by atoms with Crippen LogP contribution in [0.3, 0.4) is 0 Å². The monoisotopic (exact) mass is 337 g/mol. The zero-order chi connectivity index (χ0) is 17.4. The number of nitrogens with zero attached hydrogens (tertiary/aromatic N) is 1. The number of aliphatic hydroxyl groups is 1. The molecule has 1 N–H and O–H groups in total. The Balaban J connectivity index is 1.77. The van der Waals surface area contributed by atoms with E-state index in [1.54, 1.807) is 14.2 Å². The van der Waals surface area contributed by atoms with Gasteiger partial charge in [-0.05, 0) is 43.5 Å². The molecule has 5 nitrogen and oxygen atoms in total. The largest absolute Gasteiger partial charge is 0.493 e. The summed E-state index contributed by atoms with van der Waals surface area (Å²) in [7, 11) is 3.24. The van der Waals surface area contributed by atoms with E-state index in [0.717, 1.165) is 18.5 Å². The fourth-order valence-corrected chi connectivity index (χ4v) is 3.37. The summed E-state index contributed by atoms with van der Waals surface area (Å²) < 4.78 is 16.2. The molecule has 0 aromatic heterocycles. The van der Waals surface area contributed by atoms with Crippen LogP contribution in [-0.2, 0) is 11.3 Å². The van der Waals surface area contributed by atoms with Crippen LogP contribution in [0, 0.1) is 0 Å². The van der Waals surface area contributed by atoms with Crippen molar-refractivity contribution < 1.29 is 19.3 Å². The quantitative estimate of drug-likeness (QED) is 0.751. The molecule has 1 fully saturated rings. The van der Waals surface area contributed by atoms with Crippen molar-refractivity contribution in [2.45, 2.75) is 51.4 Å². The number of piperidine rings is 1. The molecule has 1 heterocycles. The van der Waals surface area contributed by atoms with Crippen molar-refractivity contribution in [3.05, 3.63) is 23.8 Å². The average molecular weight is 337 g/mol. The van der Waals surface area contributed by atoms with Gasteiger partial charge in [0.1, 0.15) is 0 Å². The summed E-state index contributed by atoms with van der Waals surface area (Å²) in [4.78, 5) is 2.41. The summed E-state index contributed by atoms with van der Waals surface area (Å²) in [6.45, 7) is 4.81. The van der Waals surface area contributed by atoms with Crippen LogP contribution < -0.4 is 9.47 Å². The normalized spacial score (nSPS) is 19.9. The van der Waals surface area contributed by atoms with Crippen LogP contribution in [0.1, 0.15) is 38.2 Å². The highest BCUT2D eigenvalue weighted by Gasteiger charge is 2.22. The minimum absolute atomic E-state index is 0.348. The Morgan fingerprint density at radius 1 is 1.21 bits per heavy atom. The first kappa shape index (κ1) is 19.0. The lowest BCUT2D eigenvalue weighted by atomic mass is 10.00. The highest BCUT2D eigenvalue weighted by atomic mass is 16.5. The van der Waals surface area contributed by atoms with Gasteiger partial charge in [-0.25, -0.2) is 0 Å². The zero-order valence-corrected chi connectivity index (χ0v) is 15.2. The molecule has 0 aliphatic carbocycles.